The zero-order valence-electron chi connectivity index (χ0n) is 10.8. The Morgan fingerprint density at radius 3 is 3.00 bits per heavy atom. The van der Waals surface area contributed by atoms with Crippen LogP contribution in [0.1, 0.15) is 9.67 Å². The highest BCUT2D eigenvalue weighted by Gasteiger charge is 2.13. The topological polar surface area (TPSA) is 85.8 Å². The number of hydrogen-bond donors (Lipinski definition) is 1. The molecule has 3 aromatic heterocycles. The Kier molecular flexibility index (Phi) is 3.44. The van der Waals surface area contributed by atoms with Gasteiger partial charge < -0.3 is 9.84 Å². The Bertz CT molecular complexity index is 848. The summed E-state index contributed by atoms with van der Waals surface area (Å²) in [6.45, 7) is 0.413. The van der Waals surface area contributed by atoms with E-state index in [9.17, 15) is 9.59 Å². The van der Waals surface area contributed by atoms with Gasteiger partial charge in [0.05, 0.1) is 6.54 Å². The molecular formula is C13H11N3O4S. The van der Waals surface area contributed by atoms with E-state index in [-0.39, 0.29) is 23.7 Å². The van der Waals surface area contributed by atoms with Crippen molar-refractivity contribution in [1.29, 1.82) is 0 Å². The molecule has 0 atom stereocenters. The Morgan fingerprint density at radius 1 is 1.38 bits per heavy atom. The molecule has 3 aromatic rings. The van der Waals surface area contributed by atoms with Gasteiger partial charge in [0, 0.05) is 6.20 Å². The molecule has 1 N–H and O–H groups in total. The van der Waals surface area contributed by atoms with E-state index < -0.39 is 5.97 Å². The van der Waals surface area contributed by atoms with Gasteiger partial charge in [0.2, 0.25) is 0 Å². The van der Waals surface area contributed by atoms with Crippen LogP contribution in [0.2, 0.25) is 0 Å². The molecule has 0 aliphatic carbocycles. The summed E-state index contributed by atoms with van der Waals surface area (Å²) in [5, 5.41) is 14.8. The highest BCUT2D eigenvalue weighted by molar-refractivity contribution is 7.12. The fourth-order valence-electron chi connectivity index (χ4n) is 1.92. The lowest BCUT2D eigenvalue weighted by Crippen LogP contribution is -2.24. The lowest BCUT2D eigenvalue weighted by atomic mass is 10.4. The number of rotatable bonds is 5. The molecule has 0 aliphatic rings. The summed E-state index contributed by atoms with van der Waals surface area (Å²) in [4.78, 5) is 23.1. The number of hydrogen-bond acceptors (Lipinski definition) is 5. The van der Waals surface area contributed by atoms with Crippen molar-refractivity contribution in [1.82, 2.24) is 14.2 Å². The highest BCUT2D eigenvalue weighted by Crippen LogP contribution is 2.24. The van der Waals surface area contributed by atoms with E-state index in [4.69, 9.17) is 9.84 Å². The Balaban J connectivity index is 1.72. The predicted octanol–water partition coefficient (Wildman–Crippen LogP) is 1.33. The van der Waals surface area contributed by atoms with E-state index in [0.29, 0.717) is 11.4 Å². The molecule has 0 unspecified atom stereocenters. The number of fused-ring (bicyclic) bond motifs is 1. The lowest BCUT2D eigenvalue weighted by Gasteiger charge is -2.04. The second-order valence-electron chi connectivity index (χ2n) is 4.20. The number of ether oxygens (including phenoxy) is 1. The molecule has 0 fully saturated rings. The van der Waals surface area contributed by atoms with Crippen molar-refractivity contribution in [3.05, 3.63) is 51.2 Å². The first-order chi connectivity index (χ1) is 10.2. The van der Waals surface area contributed by atoms with Crippen molar-refractivity contribution in [3.63, 3.8) is 0 Å². The summed E-state index contributed by atoms with van der Waals surface area (Å²) >= 11 is 1.10. The first-order valence-corrected chi connectivity index (χ1v) is 7.02. The van der Waals surface area contributed by atoms with Gasteiger partial charge in [-0.2, -0.15) is 0 Å². The van der Waals surface area contributed by atoms with E-state index in [1.807, 2.05) is 0 Å². The first-order valence-electron chi connectivity index (χ1n) is 6.14. The molecule has 21 heavy (non-hydrogen) atoms. The molecule has 0 bridgehead atoms. The third kappa shape index (κ3) is 2.52. The molecule has 8 heteroatoms. The summed E-state index contributed by atoms with van der Waals surface area (Å²) < 4.78 is 8.15. The van der Waals surface area contributed by atoms with E-state index in [0.717, 1.165) is 11.3 Å². The summed E-state index contributed by atoms with van der Waals surface area (Å²) in [6.07, 6.45) is 1.64. The van der Waals surface area contributed by atoms with Crippen molar-refractivity contribution >= 4 is 23.0 Å². The highest BCUT2D eigenvalue weighted by atomic mass is 32.1. The molecule has 0 aromatic carbocycles. The van der Waals surface area contributed by atoms with Crippen LogP contribution < -0.4 is 10.4 Å². The van der Waals surface area contributed by atoms with Crippen molar-refractivity contribution in [2.45, 2.75) is 6.54 Å². The number of carboxylic acids is 1. The third-order valence-electron chi connectivity index (χ3n) is 2.87. The maximum Gasteiger partial charge on any atom is 0.350 e. The number of pyridine rings is 1. The Hall–Kier alpha value is -2.61. The van der Waals surface area contributed by atoms with Crippen LogP contribution in [0.3, 0.4) is 0 Å². The second kappa shape index (κ2) is 5.41. The van der Waals surface area contributed by atoms with Gasteiger partial charge in [-0.05, 0) is 23.6 Å². The van der Waals surface area contributed by atoms with Crippen LogP contribution in [0.5, 0.6) is 5.75 Å². The van der Waals surface area contributed by atoms with Gasteiger partial charge in [0.1, 0.15) is 12.4 Å². The second-order valence-corrected chi connectivity index (χ2v) is 5.12. The molecule has 108 valence electrons. The molecule has 0 saturated carbocycles. The molecule has 0 amide bonds. The van der Waals surface area contributed by atoms with Gasteiger partial charge >= 0.3 is 11.7 Å². The molecular weight excluding hydrogens is 294 g/mol. The van der Waals surface area contributed by atoms with Crippen LogP contribution in [-0.4, -0.2) is 31.9 Å². The number of thiophene rings is 1. The minimum atomic E-state index is -1.02. The van der Waals surface area contributed by atoms with Gasteiger partial charge in [-0.1, -0.05) is 6.07 Å². The minimum Gasteiger partial charge on any atom is -0.490 e. The van der Waals surface area contributed by atoms with Crippen LogP contribution >= 0.6 is 11.3 Å². The van der Waals surface area contributed by atoms with Crippen LogP contribution in [0.15, 0.2) is 40.6 Å². The standard InChI is InChI=1S/C13H11N3O4S/c17-12(18)11-9(4-8-21-11)20-7-6-16-13(19)15-5-2-1-3-10(15)14-16/h1-5,8H,6-7H2,(H,17,18). The smallest absolute Gasteiger partial charge is 0.350 e. The zero-order chi connectivity index (χ0) is 14.8. The maximum atomic E-state index is 12.0. The molecule has 0 aliphatic heterocycles. The average molecular weight is 305 g/mol. The average Bonchev–Trinajstić information content (AvgIpc) is 3.05. The summed E-state index contributed by atoms with van der Waals surface area (Å²) in [7, 11) is 0. The normalized spacial score (nSPS) is 10.9. The fraction of sp³-hybridized carbons (Fsp3) is 0.154. The number of aromatic carboxylic acids is 1. The third-order valence-corrected chi connectivity index (χ3v) is 3.76. The number of nitrogens with zero attached hydrogens (tertiary/aromatic N) is 3. The van der Waals surface area contributed by atoms with Crippen molar-refractivity contribution in [3.8, 4) is 5.75 Å². The van der Waals surface area contributed by atoms with Gasteiger partial charge in [0.15, 0.2) is 10.5 Å². The van der Waals surface area contributed by atoms with Crippen molar-refractivity contribution < 1.29 is 14.6 Å². The minimum absolute atomic E-state index is 0.150. The van der Waals surface area contributed by atoms with Gasteiger partial charge in [-0.15, -0.1) is 16.4 Å². The molecule has 7 nitrogen and oxygen atoms in total. The van der Waals surface area contributed by atoms with Crippen LogP contribution in [0.25, 0.3) is 5.65 Å². The van der Waals surface area contributed by atoms with Gasteiger partial charge in [-0.3, -0.25) is 4.40 Å². The lowest BCUT2D eigenvalue weighted by molar-refractivity contribution is 0.0698. The molecule has 0 saturated heterocycles. The maximum absolute atomic E-state index is 12.0. The van der Waals surface area contributed by atoms with Gasteiger partial charge in [0.25, 0.3) is 0 Å². The van der Waals surface area contributed by atoms with Crippen molar-refractivity contribution in [2.75, 3.05) is 6.61 Å². The van der Waals surface area contributed by atoms with Crippen molar-refractivity contribution in [2.24, 2.45) is 0 Å². The molecule has 3 rings (SSSR count). The van der Waals surface area contributed by atoms with Gasteiger partial charge in [-0.25, -0.2) is 14.3 Å². The largest absolute Gasteiger partial charge is 0.490 e. The van der Waals surface area contributed by atoms with Crippen LogP contribution in [-0.2, 0) is 6.54 Å². The van der Waals surface area contributed by atoms with Crippen LogP contribution in [0.4, 0.5) is 0 Å². The summed E-state index contributed by atoms with van der Waals surface area (Å²) in [5.41, 5.74) is 0.308. The number of aromatic nitrogens is 3. The van der Waals surface area contributed by atoms with E-state index in [1.54, 1.807) is 35.8 Å². The SMILES string of the molecule is O=C(O)c1sccc1OCCn1nc2ccccn2c1=O. The molecule has 0 spiro atoms. The molecule has 3 heterocycles. The summed E-state index contributed by atoms with van der Waals surface area (Å²) in [6, 6.07) is 6.88. The Morgan fingerprint density at radius 2 is 2.24 bits per heavy atom. The number of carbonyl (C=O) groups is 1. The zero-order valence-corrected chi connectivity index (χ0v) is 11.6. The monoisotopic (exact) mass is 305 g/mol. The molecule has 0 radical (unpaired) electrons. The van der Waals surface area contributed by atoms with Crippen LogP contribution in [0, 0.1) is 0 Å². The van der Waals surface area contributed by atoms with E-state index >= 15 is 0 Å². The number of carboxylic acid groups (broad SMARTS) is 1. The first kappa shape index (κ1) is 13.4. The predicted molar refractivity (Wildman–Crippen MR) is 76.2 cm³/mol. The Labute approximate surface area is 122 Å². The summed E-state index contributed by atoms with van der Waals surface area (Å²) in [5.74, 6) is -0.714. The van der Waals surface area contributed by atoms with E-state index in [1.165, 1.54) is 9.08 Å². The fourth-order valence-corrected chi connectivity index (χ4v) is 2.59. The van der Waals surface area contributed by atoms with E-state index in [2.05, 4.69) is 5.10 Å². The quantitative estimate of drug-likeness (QED) is 0.768.